The van der Waals surface area contributed by atoms with Crippen LogP contribution in [0.3, 0.4) is 0 Å². The van der Waals surface area contributed by atoms with Crippen LogP contribution in [0.1, 0.15) is 52.7 Å². The Morgan fingerprint density at radius 2 is 1.81 bits per heavy atom. The number of hydrogen-bond donors (Lipinski definition) is 2. The number of para-hydroxylation sites is 1. The minimum atomic E-state index is -0.422. The molecule has 0 aliphatic carbocycles. The molecular formula is C26H26N2O3S. The van der Waals surface area contributed by atoms with E-state index in [-0.39, 0.29) is 23.6 Å². The highest BCUT2D eigenvalue weighted by Crippen LogP contribution is 2.39. The highest BCUT2D eigenvalue weighted by Gasteiger charge is 2.34. The van der Waals surface area contributed by atoms with E-state index in [1.807, 2.05) is 80.7 Å². The largest absolute Gasteiger partial charge is 0.487 e. The summed E-state index contributed by atoms with van der Waals surface area (Å²) in [5, 5.41) is 7.88. The van der Waals surface area contributed by atoms with E-state index in [1.54, 1.807) is 12.1 Å². The van der Waals surface area contributed by atoms with Gasteiger partial charge in [-0.1, -0.05) is 42.5 Å². The molecule has 32 heavy (non-hydrogen) atoms. The molecule has 0 fully saturated rings. The van der Waals surface area contributed by atoms with E-state index in [0.29, 0.717) is 12.0 Å². The zero-order valence-corrected chi connectivity index (χ0v) is 19.2. The molecule has 164 valence electrons. The summed E-state index contributed by atoms with van der Waals surface area (Å²) in [5.74, 6) is 0.119. The van der Waals surface area contributed by atoms with Gasteiger partial charge >= 0.3 is 0 Å². The van der Waals surface area contributed by atoms with Crippen LogP contribution in [0.25, 0.3) is 6.08 Å². The number of nitrogens with one attached hydrogen (secondary N) is 2. The van der Waals surface area contributed by atoms with E-state index in [1.165, 1.54) is 11.3 Å². The molecule has 1 aliphatic heterocycles. The van der Waals surface area contributed by atoms with Gasteiger partial charge in [-0.05, 0) is 56.0 Å². The number of hydrogen-bond acceptors (Lipinski definition) is 4. The molecule has 0 saturated carbocycles. The molecule has 2 amide bonds. The molecule has 6 heteroatoms. The highest BCUT2D eigenvalue weighted by molar-refractivity contribution is 7.10. The Morgan fingerprint density at radius 1 is 1.06 bits per heavy atom. The van der Waals surface area contributed by atoms with Crippen molar-refractivity contribution in [3.63, 3.8) is 0 Å². The Hall–Kier alpha value is -3.38. The van der Waals surface area contributed by atoms with E-state index in [4.69, 9.17) is 4.74 Å². The van der Waals surface area contributed by atoms with E-state index in [2.05, 4.69) is 10.6 Å². The minimum absolute atomic E-state index is 0.211. The van der Waals surface area contributed by atoms with Crippen molar-refractivity contribution in [3.05, 3.63) is 93.3 Å². The molecule has 2 heterocycles. The van der Waals surface area contributed by atoms with Gasteiger partial charge in [0.15, 0.2) is 0 Å². The van der Waals surface area contributed by atoms with Crippen LogP contribution in [0.5, 0.6) is 5.75 Å². The summed E-state index contributed by atoms with van der Waals surface area (Å²) in [6.45, 7) is 5.88. The average molecular weight is 447 g/mol. The zero-order chi connectivity index (χ0) is 22.7. The van der Waals surface area contributed by atoms with Gasteiger partial charge in [0.05, 0.1) is 6.04 Å². The summed E-state index contributed by atoms with van der Waals surface area (Å²) in [6, 6.07) is 18.6. The predicted octanol–water partition coefficient (Wildman–Crippen LogP) is 5.25. The smallest absolute Gasteiger partial charge is 0.268 e. The summed E-state index contributed by atoms with van der Waals surface area (Å²) in [5.41, 5.74) is 2.10. The highest BCUT2D eigenvalue weighted by atomic mass is 32.1. The summed E-state index contributed by atoms with van der Waals surface area (Å²) < 4.78 is 6.08. The van der Waals surface area contributed by atoms with Gasteiger partial charge in [-0.25, -0.2) is 0 Å². The Morgan fingerprint density at radius 3 is 2.56 bits per heavy atom. The first kappa shape index (κ1) is 21.8. The quantitative estimate of drug-likeness (QED) is 0.526. The van der Waals surface area contributed by atoms with Crippen molar-refractivity contribution in [3.8, 4) is 5.75 Å². The maximum absolute atomic E-state index is 13.4. The number of amides is 2. The molecule has 1 aliphatic rings. The second-order valence-electron chi connectivity index (χ2n) is 8.47. The van der Waals surface area contributed by atoms with Crippen LogP contribution in [0.4, 0.5) is 0 Å². The van der Waals surface area contributed by atoms with Crippen molar-refractivity contribution in [1.29, 1.82) is 0 Å². The SMILES string of the molecule is Cc1ccccc1C(=O)N/C(=C\c1cccs1)C(=O)N[C@H]1CC(C)(C)Oc2ccccc21. The molecule has 5 nitrogen and oxygen atoms in total. The number of benzene rings is 2. The van der Waals surface area contributed by atoms with Crippen LogP contribution in [-0.2, 0) is 4.79 Å². The van der Waals surface area contributed by atoms with Crippen LogP contribution in [0.15, 0.2) is 71.7 Å². The van der Waals surface area contributed by atoms with Crippen LogP contribution < -0.4 is 15.4 Å². The molecule has 2 aromatic carbocycles. The topological polar surface area (TPSA) is 67.4 Å². The molecule has 0 saturated heterocycles. The number of carbonyl (C=O) groups is 2. The van der Waals surface area contributed by atoms with Gasteiger partial charge < -0.3 is 15.4 Å². The maximum atomic E-state index is 13.4. The predicted molar refractivity (Wildman–Crippen MR) is 128 cm³/mol. The first-order chi connectivity index (χ1) is 15.3. The number of ether oxygens (including phenoxy) is 1. The van der Waals surface area contributed by atoms with Gasteiger partial charge in [-0.3, -0.25) is 9.59 Å². The fourth-order valence-corrected chi connectivity index (χ4v) is 4.52. The van der Waals surface area contributed by atoms with Crippen molar-refractivity contribution in [1.82, 2.24) is 10.6 Å². The van der Waals surface area contributed by atoms with Gasteiger partial charge in [0.1, 0.15) is 17.0 Å². The molecule has 0 bridgehead atoms. The Bertz CT molecular complexity index is 1170. The molecule has 1 aromatic heterocycles. The average Bonchev–Trinajstić information content (AvgIpc) is 3.26. The Kier molecular flexibility index (Phi) is 6.15. The summed E-state index contributed by atoms with van der Waals surface area (Å²) >= 11 is 1.50. The monoisotopic (exact) mass is 446 g/mol. The van der Waals surface area contributed by atoms with Gasteiger partial charge in [-0.15, -0.1) is 11.3 Å². The number of thiophene rings is 1. The van der Waals surface area contributed by atoms with Crippen LogP contribution in [0, 0.1) is 6.92 Å². The van der Waals surface area contributed by atoms with E-state index in [9.17, 15) is 9.59 Å². The number of carbonyl (C=O) groups excluding carboxylic acids is 2. The summed E-state index contributed by atoms with van der Waals surface area (Å²) in [6.07, 6.45) is 2.33. The number of aryl methyl sites for hydroxylation is 1. The van der Waals surface area contributed by atoms with Gasteiger partial charge in [0.2, 0.25) is 0 Å². The van der Waals surface area contributed by atoms with E-state index < -0.39 is 5.60 Å². The molecule has 0 radical (unpaired) electrons. The molecule has 3 aromatic rings. The van der Waals surface area contributed by atoms with Crippen LogP contribution >= 0.6 is 11.3 Å². The van der Waals surface area contributed by atoms with Crippen molar-refractivity contribution in [2.75, 3.05) is 0 Å². The lowest BCUT2D eigenvalue weighted by atomic mass is 9.89. The van der Waals surface area contributed by atoms with Crippen molar-refractivity contribution < 1.29 is 14.3 Å². The Balaban J connectivity index is 1.61. The van der Waals surface area contributed by atoms with Crippen molar-refractivity contribution >= 4 is 29.2 Å². The third-order valence-electron chi connectivity index (χ3n) is 5.39. The third-order valence-corrected chi connectivity index (χ3v) is 6.21. The van der Waals surface area contributed by atoms with Crippen LogP contribution in [-0.4, -0.2) is 17.4 Å². The lowest BCUT2D eigenvalue weighted by Crippen LogP contribution is -2.43. The normalized spacial score (nSPS) is 17.1. The van der Waals surface area contributed by atoms with Gasteiger partial charge in [-0.2, -0.15) is 0 Å². The molecule has 4 rings (SSSR count). The van der Waals surface area contributed by atoms with E-state index >= 15 is 0 Å². The second-order valence-corrected chi connectivity index (χ2v) is 9.45. The first-order valence-corrected chi connectivity index (χ1v) is 11.4. The molecule has 2 N–H and O–H groups in total. The molecular weight excluding hydrogens is 420 g/mol. The second kappa shape index (κ2) is 9.01. The van der Waals surface area contributed by atoms with Gasteiger partial charge in [0.25, 0.3) is 11.8 Å². The van der Waals surface area contributed by atoms with Crippen molar-refractivity contribution in [2.24, 2.45) is 0 Å². The molecule has 0 unspecified atom stereocenters. The van der Waals surface area contributed by atoms with Crippen molar-refractivity contribution in [2.45, 2.75) is 38.8 Å². The van der Waals surface area contributed by atoms with E-state index in [0.717, 1.165) is 21.8 Å². The lowest BCUT2D eigenvalue weighted by Gasteiger charge is -2.38. The lowest BCUT2D eigenvalue weighted by molar-refractivity contribution is -0.119. The summed E-state index contributed by atoms with van der Waals surface area (Å²) in [4.78, 5) is 27.2. The number of rotatable bonds is 5. The summed E-state index contributed by atoms with van der Waals surface area (Å²) in [7, 11) is 0. The molecule has 0 spiro atoms. The third kappa shape index (κ3) is 4.92. The fourth-order valence-electron chi connectivity index (χ4n) is 3.86. The standard InChI is InChI=1S/C26H26N2O3S/c1-17-9-4-5-11-19(17)24(29)27-21(15-18-10-8-14-32-18)25(30)28-22-16-26(2,3)31-23-13-7-6-12-20(22)23/h4-15,22H,16H2,1-3H3,(H,27,29)(H,28,30)/b21-15-/t22-/m0/s1. The maximum Gasteiger partial charge on any atom is 0.268 e. The Labute approximate surface area is 192 Å². The zero-order valence-electron chi connectivity index (χ0n) is 18.3. The molecule has 1 atom stereocenters. The first-order valence-electron chi connectivity index (χ1n) is 10.5. The minimum Gasteiger partial charge on any atom is -0.487 e. The fraction of sp³-hybridized carbons (Fsp3) is 0.231. The van der Waals surface area contributed by atoms with Gasteiger partial charge in [0, 0.05) is 22.4 Å². The van der Waals surface area contributed by atoms with Crippen LogP contribution in [0.2, 0.25) is 0 Å². The number of fused-ring (bicyclic) bond motifs is 1.